The van der Waals surface area contributed by atoms with Crippen LogP contribution in [0, 0.1) is 13.8 Å². The van der Waals surface area contributed by atoms with E-state index in [1.807, 2.05) is 32.9 Å². The quantitative estimate of drug-likeness (QED) is 0.779. The van der Waals surface area contributed by atoms with E-state index in [0.29, 0.717) is 11.0 Å². The fourth-order valence-corrected chi connectivity index (χ4v) is 2.44. The molecule has 0 bridgehead atoms. The molecule has 0 aliphatic rings. The van der Waals surface area contributed by atoms with Crippen LogP contribution in [0.1, 0.15) is 24.0 Å². The first-order valence-corrected chi connectivity index (χ1v) is 6.86. The van der Waals surface area contributed by atoms with Gasteiger partial charge in [0, 0.05) is 17.0 Å². The molecule has 0 saturated carbocycles. The van der Waals surface area contributed by atoms with Crippen molar-refractivity contribution in [2.24, 2.45) is 0 Å². The van der Waals surface area contributed by atoms with E-state index in [4.69, 9.17) is 11.6 Å². The summed E-state index contributed by atoms with van der Waals surface area (Å²) in [6.07, 6.45) is 0.804. The number of hydrogen-bond donors (Lipinski definition) is 0. The van der Waals surface area contributed by atoms with Crippen LogP contribution < -0.4 is 0 Å². The maximum absolute atomic E-state index is 6.11. The molecule has 0 aromatic carbocycles. The van der Waals surface area contributed by atoms with Crippen molar-refractivity contribution in [3.8, 4) is 11.4 Å². The standard InChI is InChI=1S/C13H13BrClN3/c1-4-10-11(14)12(15)18-13(17-10)9-5-7(2)16-8(3)6-9/h5-6H,4H2,1-3H3. The number of pyridine rings is 1. The Balaban J connectivity index is 2.60. The largest absolute Gasteiger partial charge is 0.258 e. The lowest BCUT2D eigenvalue weighted by Gasteiger charge is -2.08. The molecular weight excluding hydrogens is 314 g/mol. The van der Waals surface area contributed by atoms with Crippen molar-refractivity contribution >= 4 is 27.5 Å². The van der Waals surface area contributed by atoms with Gasteiger partial charge in [-0.1, -0.05) is 18.5 Å². The first kappa shape index (κ1) is 13.4. The minimum Gasteiger partial charge on any atom is -0.258 e. The molecule has 0 aliphatic carbocycles. The fraction of sp³-hybridized carbons (Fsp3) is 0.308. The summed E-state index contributed by atoms with van der Waals surface area (Å²) in [4.78, 5) is 13.2. The lowest BCUT2D eigenvalue weighted by atomic mass is 10.2. The van der Waals surface area contributed by atoms with Gasteiger partial charge in [0.15, 0.2) is 5.82 Å². The van der Waals surface area contributed by atoms with Crippen molar-refractivity contribution in [3.05, 3.63) is 38.8 Å². The van der Waals surface area contributed by atoms with E-state index in [0.717, 1.165) is 33.5 Å². The highest BCUT2D eigenvalue weighted by molar-refractivity contribution is 9.10. The van der Waals surface area contributed by atoms with E-state index in [2.05, 4.69) is 30.9 Å². The molecule has 3 nitrogen and oxygen atoms in total. The zero-order valence-electron chi connectivity index (χ0n) is 10.5. The van der Waals surface area contributed by atoms with Crippen molar-refractivity contribution in [3.63, 3.8) is 0 Å². The lowest BCUT2D eigenvalue weighted by molar-refractivity contribution is 0.988. The molecule has 0 N–H and O–H groups in total. The summed E-state index contributed by atoms with van der Waals surface area (Å²) in [5, 5.41) is 0.448. The van der Waals surface area contributed by atoms with Gasteiger partial charge in [-0.05, 0) is 48.3 Å². The van der Waals surface area contributed by atoms with Gasteiger partial charge in [-0.25, -0.2) is 9.97 Å². The van der Waals surface area contributed by atoms with E-state index in [1.54, 1.807) is 0 Å². The van der Waals surface area contributed by atoms with Crippen LogP contribution in [0.4, 0.5) is 0 Å². The molecular formula is C13H13BrClN3. The van der Waals surface area contributed by atoms with Crippen LogP contribution in [-0.4, -0.2) is 15.0 Å². The average molecular weight is 327 g/mol. The maximum Gasteiger partial charge on any atom is 0.161 e. The first-order chi connectivity index (χ1) is 8.51. The van der Waals surface area contributed by atoms with Crippen LogP contribution in [0.25, 0.3) is 11.4 Å². The third-order valence-corrected chi connectivity index (χ3v) is 3.89. The summed E-state index contributed by atoms with van der Waals surface area (Å²) in [7, 11) is 0. The molecule has 2 rings (SSSR count). The van der Waals surface area contributed by atoms with Gasteiger partial charge in [-0.15, -0.1) is 0 Å². The van der Waals surface area contributed by atoms with Crippen molar-refractivity contribution < 1.29 is 0 Å². The molecule has 2 aromatic rings. The molecule has 0 atom stereocenters. The smallest absolute Gasteiger partial charge is 0.161 e. The van der Waals surface area contributed by atoms with Gasteiger partial charge in [0.25, 0.3) is 0 Å². The van der Waals surface area contributed by atoms with Crippen molar-refractivity contribution in [2.45, 2.75) is 27.2 Å². The summed E-state index contributed by atoms with van der Waals surface area (Å²) in [5.41, 5.74) is 3.76. The van der Waals surface area contributed by atoms with Crippen molar-refractivity contribution in [2.75, 3.05) is 0 Å². The summed E-state index contributed by atoms with van der Waals surface area (Å²) in [6.45, 7) is 5.95. The number of hydrogen-bond acceptors (Lipinski definition) is 3. The molecule has 2 aromatic heterocycles. The second kappa shape index (κ2) is 5.33. The Morgan fingerprint density at radius 2 is 1.72 bits per heavy atom. The van der Waals surface area contributed by atoms with Crippen molar-refractivity contribution in [1.82, 2.24) is 15.0 Å². The Hall–Kier alpha value is -1.00. The normalized spacial score (nSPS) is 10.7. The number of rotatable bonds is 2. The highest BCUT2D eigenvalue weighted by Gasteiger charge is 2.11. The van der Waals surface area contributed by atoms with Gasteiger partial charge in [0.2, 0.25) is 0 Å². The van der Waals surface area contributed by atoms with E-state index in [9.17, 15) is 0 Å². The third kappa shape index (κ3) is 2.70. The van der Waals surface area contributed by atoms with Gasteiger partial charge in [0.05, 0.1) is 10.2 Å². The fourth-order valence-electron chi connectivity index (χ4n) is 1.79. The number of halogens is 2. The Morgan fingerprint density at radius 3 is 2.28 bits per heavy atom. The second-order valence-corrected chi connectivity index (χ2v) is 5.24. The summed E-state index contributed by atoms with van der Waals surface area (Å²) in [6, 6.07) is 3.93. The monoisotopic (exact) mass is 325 g/mol. The molecule has 18 heavy (non-hydrogen) atoms. The second-order valence-electron chi connectivity index (χ2n) is 4.09. The van der Waals surface area contributed by atoms with Gasteiger partial charge in [-0.3, -0.25) is 4.98 Å². The highest BCUT2D eigenvalue weighted by atomic mass is 79.9. The van der Waals surface area contributed by atoms with Gasteiger partial charge in [-0.2, -0.15) is 0 Å². The number of nitrogens with zero attached hydrogens (tertiary/aromatic N) is 3. The zero-order chi connectivity index (χ0) is 13.3. The van der Waals surface area contributed by atoms with Crippen LogP contribution in [0.15, 0.2) is 16.6 Å². The van der Waals surface area contributed by atoms with Crippen LogP contribution in [-0.2, 0) is 6.42 Å². The van der Waals surface area contributed by atoms with Crippen molar-refractivity contribution in [1.29, 1.82) is 0 Å². The molecule has 0 aliphatic heterocycles. The Bertz CT molecular complexity index is 579. The van der Waals surface area contributed by atoms with E-state index < -0.39 is 0 Å². The van der Waals surface area contributed by atoms with Crippen LogP contribution in [0.3, 0.4) is 0 Å². The molecule has 0 unspecified atom stereocenters. The van der Waals surface area contributed by atoms with Gasteiger partial charge < -0.3 is 0 Å². The SMILES string of the molecule is CCc1nc(-c2cc(C)nc(C)c2)nc(Cl)c1Br. The molecule has 0 saturated heterocycles. The van der Waals surface area contributed by atoms with Crippen LogP contribution in [0.2, 0.25) is 5.15 Å². The predicted octanol–water partition coefficient (Wildman–Crippen LogP) is 4.13. The lowest BCUT2D eigenvalue weighted by Crippen LogP contribution is -1.98. The maximum atomic E-state index is 6.11. The number of aryl methyl sites for hydroxylation is 3. The van der Waals surface area contributed by atoms with Gasteiger partial charge >= 0.3 is 0 Å². The van der Waals surface area contributed by atoms with E-state index in [1.165, 1.54) is 0 Å². The van der Waals surface area contributed by atoms with Crippen LogP contribution >= 0.6 is 27.5 Å². The highest BCUT2D eigenvalue weighted by Crippen LogP contribution is 2.27. The third-order valence-electron chi connectivity index (χ3n) is 2.55. The minimum atomic E-state index is 0.448. The molecule has 5 heteroatoms. The van der Waals surface area contributed by atoms with Crippen LogP contribution in [0.5, 0.6) is 0 Å². The zero-order valence-corrected chi connectivity index (χ0v) is 12.8. The molecule has 0 amide bonds. The average Bonchev–Trinajstić information content (AvgIpc) is 2.31. The Kier molecular flexibility index (Phi) is 3.97. The molecule has 0 spiro atoms. The molecule has 94 valence electrons. The predicted molar refractivity (Wildman–Crippen MR) is 76.8 cm³/mol. The topological polar surface area (TPSA) is 38.7 Å². The van der Waals surface area contributed by atoms with E-state index in [-0.39, 0.29) is 0 Å². The summed E-state index contributed by atoms with van der Waals surface area (Å²) < 4.78 is 0.776. The molecule has 0 fully saturated rings. The number of aromatic nitrogens is 3. The molecule has 0 radical (unpaired) electrons. The van der Waals surface area contributed by atoms with Gasteiger partial charge in [0.1, 0.15) is 5.15 Å². The first-order valence-electron chi connectivity index (χ1n) is 5.68. The Morgan fingerprint density at radius 1 is 1.11 bits per heavy atom. The minimum absolute atomic E-state index is 0.448. The Labute approximate surface area is 120 Å². The summed E-state index contributed by atoms with van der Waals surface area (Å²) in [5.74, 6) is 0.647. The summed E-state index contributed by atoms with van der Waals surface area (Å²) >= 11 is 9.52. The van der Waals surface area contributed by atoms with E-state index >= 15 is 0 Å². The molecule has 2 heterocycles.